The van der Waals surface area contributed by atoms with Crippen LogP contribution in [0.15, 0.2) is 237 Å². The zero-order chi connectivity index (χ0) is 41.4. The Balaban J connectivity index is 1.01. The number of para-hydroxylation sites is 5. The third-order valence-corrected chi connectivity index (χ3v) is 13.0. The van der Waals surface area contributed by atoms with Gasteiger partial charge in [0.25, 0.3) is 0 Å². The predicted molar refractivity (Wildman–Crippen MR) is 266 cm³/mol. The molecule has 0 fully saturated rings. The lowest BCUT2D eigenvalue weighted by Gasteiger charge is -2.15. The van der Waals surface area contributed by atoms with Gasteiger partial charge in [-0.2, -0.15) is 0 Å². The van der Waals surface area contributed by atoms with E-state index in [1.807, 2.05) is 0 Å². The quantitative estimate of drug-likeness (QED) is 0.159. The molecule has 10 aromatic carbocycles. The van der Waals surface area contributed by atoms with Crippen LogP contribution in [0.4, 0.5) is 0 Å². The molecule has 3 nitrogen and oxygen atoms in total. The van der Waals surface area contributed by atoms with Crippen LogP contribution in [0.5, 0.6) is 0 Å². The maximum atomic E-state index is 2.44. The first-order chi connectivity index (χ1) is 31.2. The summed E-state index contributed by atoms with van der Waals surface area (Å²) >= 11 is 0. The van der Waals surface area contributed by atoms with Gasteiger partial charge in [-0.1, -0.05) is 152 Å². The number of fused-ring (bicyclic) bond motifs is 9. The molecule has 63 heavy (non-hydrogen) atoms. The molecule has 13 aromatic rings. The van der Waals surface area contributed by atoms with Gasteiger partial charge in [-0.15, -0.1) is 0 Å². The summed E-state index contributed by atoms with van der Waals surface area (Å²) in [5.41, 5.74) is 17.7. The maximum Gasteiger partial charge on any atom is 0.0541 e. The fourth-order valence-electron chi connectivity index (χ4n) is 10.2. The lowest BCUT2D eigenvalue weighted by atomic mass is 9.95. The zero-order valence-electron chi connectivity index (χ0n) is 34.4. The molecule has 294 valence electrons. The molecule has 0 saturated heterocycles. The Morgan fingerprint density at radius 2 is 0.524 bits per heavy atom. The Morgan fingerprint density at radius 3 is 1.03 bits per heavy atom. The fraction of sp³-hybridized carbons (Fsp3) is 0. The number of hydrogen-bond acceptors (Lipinski definition) is 0. The van der Waals surface area contributed by atoms with Crippen molar-refractivity contribution in [2.24, 2.45) is 0 Å². The smallest absolute Gasteiger partial charge is 0.0541 e. The Bertz CT molecular complexity index is 3810. The third kappa shape index (κ3) is 5.60. The summed E-state index contributed by atoms with van der Waals surface area (Å²) in [6.07, 6.45) is 0. The van der Waals surface area contributed by atoms with Gasteiger partial charge in [-0.25, -0.2) is 0 Å². The van der Waals surface area contributed by atoms with Gasteiger partial charge >= 0.3 is 0 Å². The molecule has 0 saturated carbocycles. The van der Waals surface area contributed by atoms with Crippen molar-refractivity contribution >= 4 is 65.4 Å². The van der Waals surface area contributed by atoms with E-state index in [0.29, 0.717) is 0 Å². The topological polar surface area (TPSA) is 14.8 Å². The average Bonchev–Trinajstić information content (AvgIpc) is 4.00. The second-order valence-corrected chi connectivity index (χ2v) is 16.6. The molecule has 0 bridgehead atoms. The molecule has 0 radical (unpaired) electrons. The second kappa shape index (κ2) is 14.1. The highest BCUT2D eigenvalue weighted by atomic mass is 15.0. The van der Waals surface area contributed by atoms with E-state index in [1.54, 1.807) is 0 Å². The molecule has 0 N–H and O–H groups in total. The zero-order valence-corrected chi connectivity index (χ0v) is 34.4. The van der Waals surface area contributed by atoms with Gasteiger partial charge in [-0.05, 0) is 118 Å². The minimum Gasteiger partial charge on any atom is -0.309 e. The highest BCUT2D eigenvalue weighted by Crippen LogP contribution is 2.40. The third-order valence-electron chi connectivity index (χ3n) is 13.0. The van der Waals surface area contributed by atoms with E-state index in [1.165, 1.54) is 98.8 Å². The van der Waals surface area contributed by atoms with Gasteiger partial charge in [0.2, 0.25) is 0 Å². The Morgan fingerprint density at radius 1 is 0.175 bits per heavy atom. The molecule has 3 heteroatoms. The van der Waals surface area contributed by atoms with Crippen molar-refractivity contribution < 1.29 is 0 Å². The molecule has 0 aliphatic carbocycles. The van der Waals surface area contributed by atoms with E-state index in [0.717, 1.165) is 17.1 Å². The molecule has 13 rings (SSSR count). The monoisotopic (exact) mass is 801 g/mol. The normalized spacial score (nSPS) is 11.8. The first-order valence-electron chi connectivity index (χ1n) is 21.7. The number of nitrogens with zero attached hydrogens (tertiary/aromatic N) is 3. The van der Waals surface area contributed by atoms with Crippen molar-refractivity contribution in [3.63, 3.8) is 0 Å². The van der Waals surface area contributed by atoms with Crippen molar-refractivity contribution in [2.45, 2.75) is 0 Å². The molecule has 0 spiro atoms. The van der Waals surface area contributed by atoms with Crippen LogP contribution in [-0.4, -0.2) is 13.7 Å². The fourth-order valence-corrected chi connectivity index (χ4v) is 10.2. The van der Waals surface area contributed by atoms with Crippen LogP contribution < -0.4 is 0 Å². The summed E-state index contributed by atoms with van der Waals surface area (Å²) in [5.74, 6) is 0. The molecule has 0 atom stereocenters. The molecule has 3 aromatic heterocycles. The standard InChI is InChI=1S/C60H39N3/c1-2-16-40(17-3-1)41-18-14-19-42(34-41)44-35-45(37-48(36-44)63-57-29-11-6-24-51(57)52-25-7-12-30-58(52)63)43-32-33-60-54(38-43)53-26-8-13-31-59(53)62(60)47-21-15-20-46(39-47)61-55-27-9-4-22-49(55)50-23-5-10-28-56(50)61/h1-39H. The van der Waals surface area contributed by atoms with Gasteiger partial charge in [-0.3, -0.25) is 0 Å². The van der Waals surface area contributed by atoms with Crippen LogP contribution in [0.3, 0.4) is 0 Å². The summed E-state index contributed by atoms with van der Waals surface area (Å²) in [4.78, 5) is 0. The van der Waals surface area contributed by atoms with Crippen LogP contribution in [0.1, 0.15) is 0 Å². The first kappa shape index (κ1) is 35.4. The highest BCUT2D eigenvalue weighted by Gasteiger charge is 2.18. The van der Waals surface area contributed by atoms with E-state index in [2.05, 4.69) is 250 Å². The van der Waals surface area contributed by atoms with Gasteiger partial charge in [0.05, 0.1) is 33.1 Å². The lowest BCUT2D eigenvalue weighted by molar-refractivity contribution is 1.13. The van der Waals surface area contributed by atoms with Gasteiger partial charge < -0.3 is 13.7 Å². The first-order valence-corrected chi connectivity index (χ1v) is 21.7. The van der Waals surface area contributed by atoms with Gasteiger partial charge in [0.15, 0.2) is 0 Å². The average molecular weight is 802 g/mol. The number of aromatic nitrogens is 3. The van der Waals surface area contributed by atoms with Crippen molar-refractivity contribution in [2.75, 3.05) is 0 Å². The predicted octanol–water partition coefficient (Wildman–Crippen LogP) is 16.0. The number of rotatable bonds is 6. The van der Waals surface area contributed by atoms with Crippen molar-refractivity contribution in [1.29, 1.82) is 0 Å². The molecule has 0 unspecified atom stereocenters. The second-order valence-electron chi connectivity index (χ2n) is 16.6. The minimum atomic E-state index is 1.13. The molecular formula is C60H39N3. The molecule has 0 amide bonds. The van der Waals surface area contributed by atoms with E-state index < -0.39 is 0 Å². The SMILES string of the molecule is c1ccc(-c2cccc(-c3cc(-c4ccc5c(c4)c4ccccc4n5-c4cccc(-n5c6ccccc6c6ccccc65)c4)cc(-n4c5ccccc5c5ccccc54)c3)c2)cc1. The Hall–Kier alpha value is -8.40. The van der Waals surface area contributed by atoms with E-state index in [9.17, 15) is 0 Å². The Kier molecular flexibility index (Phi) is 7.91. The maximum absolute atomic E-state index is 2.44. The van der Waals surface area contributed by atoms with Crippen LogP contribution in [0, 0.1) is 0 Å². The summed E-state index contributed by atoms with van der Waals surface area (Å²) in [6, 6.07) is 86.6. The van der Waals surface area contributed by atoms with Crippen LogP contribution >= 0.6 is 0 Å². The summed E-state index contributed by atoms with van der Waals surface area (Å²) in [7, 11) is 0. The van der Waals surface area contributed by atoms with Crippen LogP contribution in [-0.2, 0) is 0 Å². The molecular weight excluding hydrogens is 763 g/mol. The van der Waals surface area contributed by atoms with E-state index >= 15 is 0 Å². The minimum absolute atomic E-state index is 1.13. The van der Waals surface area contributed by atoms with Crippen LogP contribution in [0.2, 0.25) is 0 Å². The van der Waals surface area contributed by atoms with Gasteiger partial charge in [0, 0.05) is 49.4 Å². The Labute approximate surface area is 364 Å². The van der Waals surface area contributed by atoms with E-state index in [-0.39, 0.29) is 0 Å². The van der Waals surface area contributed by atoms with Crippen molar-refractivity contribution in [1.82, 2.24) is 13.7 Å². The van der Waals surface area contributed by atoms with E-state index in [4.69, 9.17) is 0 Å². The lowest BCUT2D eigenvalue weighted by Crippen LogP contribution is -1.98. The van der Waals surface area contributed by atoms with Gasteiger partial charge in [0.1, 0.15) is 0 Å². The molecule has 0 aliphatic heterocycles. The van der Waals surface area contributed by atoms with Crippen molar-refractivity contribution in [3.8, 4) is 50.4 Å². The molecule has 0 aliphatic rings. The largest absolute Gasteiger partial charge is 0.309 e. The highest BCUT2D eigenvalue weighted by molar-refractivity contribution is 6.12. The van der Waals surface area contributed by atoms with Crippen LogP contribution in [0.25, 0.3) is 116 Å². The summed E-state index contributed by atoms with van der Waals surface area (Å²) in [5, 5.41) is 7.48. The number of benzene rings is 10. The number of hydrogen-bond donors (Lipinski definition) is 0. The van der Waals surface area contributed by atoms with Crippen molar-refractivity contribution in [3.05, 3.63) is 237 Å². The summed E-state index contributed by atoms with van der Waals surface area (Å²) < 4.78 is 7.27. The summed E-state index contributed by atoms with van der Waals surface area (Å²) in [6.45, 7) is 0. The molecule has 3 heterocycles.